The molecule has 130 valence electrons. The van der Waals surface area contributed by atoms with E-state index in [4.69, 9.17) is 4.98 Å². The Labute approximate surface area is 149 Å². The van der Waals surface area contributed by atoms with Gasteiger partial charge in [0, 0.05) is 54.8 Å². The second-order valence-electron chi connectivity index (χ2n) is 7.20. The van der Waals surface area contributed by atoms with E-state index in [1.165, 1.54) is 29.8 Å². The molecule has 1 aliphatic carbocycles. The summed E-state index contributed by atoms with van der Waals surface area (Å²) in [7, 11) is 0. The van der Waals surface area contributed by atoms with E-state index in [-0.39, 0.29) is 5.56 Å². The molecular formula is C18H21N5OS. The molecule has 4 heterocycles. The fraction of sp³-hybridized carbons (Fsp3) is 0.500. The summed E-state index contributed by atoms with van der Waals surface area (Å²) in [6, 6.07) is 1.68. The summed E-state index contributed by atoms with van der Waals surface area (Å²) in [6.45, 7) is 4.71. The lowest BCUT2D eigenvalue weighted by Crippen LogP contribution is -2.27. The summed E-state index contributed by atoms with van der Waals surface area (Å²) >= 11 is 1.57. The predicted octanol–water partition coefficient (Wildman–Crippen LogP) is 2.27. The molecule has 0 atom stereocenters. The van der Waals surface area contributed by atoms with E-state index in [0.29, 0.717) is 5.92 Å². The summed E-state index contributed by atoms with van der Waals surface area (Å²) in [5.74, 6) is 0.692. The van der Waals surface area contributed by atoms with Gasteiger partial charge in [-0.2, -0.15) is 5.10 Å². The molecule has 2 aliphatic rings. The Morgan fingerprint density at radius 2 is 2.16 bits per heavy atom. The van der Waals surface area contributed by atoms with Gasteiger partial charge in [-0.15, -0.1) is 11.3 Å². The maximum Gasteiger partial charge on any atom is 0.258 e. The fourth-order valence-electron chi connectivity index (χ4n) is 3.78. The number of hydrogen-bond donors (Lipinski definition) is 1. The number of fused-ring (bicyclic) bond motifs is 2. The van der Waals surface area contributed by atoms with Gasteiger partial charge in [0.1, 0.15) is 0 Å². The first kappa shape index (κ1) is 15.3. The molecule has 3 aromatic heterocycles. The second kappa shape index (κ2) is 5.78. The van der Waals surface area contributed by atoms with Crippen molar-refractivity contribution in [3.8, 4) is 0 Å². The highest BCUT2D eigenvalue weighted by atomic mass is 32.1. The Hall–Kier alpha value is -1.99. The Balaban J connectivity index is 1.36. The van der Waals surface area contributed by atoms with Crippen molar-refractivity contribution in [2.75, 3.05) is 13.1 Å². The third-order valence-corrected chi connectivity index (χ3v) is 6.12. The third-order valence-electron chi connectivity index (χ3n) is 5.23. The number of thiazole rings is 1. The van der Waals surface area contributed by atoms with Crippen molar-refractivity contribution in [3.05, 3.63) is 50.1 Å². The molecule has 25 heavy (non-hydrogen) atoms. The van der Waals surface area contributed by atoms with Crippen LogP contribution >= 0.6 is 11.3 Å². The molecule has 6 nitrogen and oxygen atoms in total. The molecule has 0 unspecified atom stereocenters. The highest BCUT2D eigenvalue weighted by molar-refractivity contribution is 7.16. The largest absolute Gasteiger partial charge is 0.297 e. The summed E-state index contributed by atoms with van der Waals surface area (Å²) < 4.78 is 1.64. The van der Waals surface area contributed by atoms with Crippen molar-refractivity contribution >= 4 is 16.3 Å². The van der Waals surface area contributed by atoms with Gasteiger partial charge < -0.3 is 0 Å². The molecule has 1 saturated carbocycles. The van der Waals surface area contributed by atoms with Crippen LogP contribution in [0.1, 0.15) is 46.3 Å². The van der Waals surface area contributed by atoms with E-state index < -0.39 is 0 Å². The number of nitrogens with zero attached hydrogens (tertiary/aromatic N) is 4. The smallest absolute Gasteiger partial charge is 0.258 e. The van der Waals surface area contributed by atoms with Crippen LogP contribution in [0.4, 0.5) is 0 Å². The van der Waals surface area contributed by atoms with Gasteiger partial charge in [-0.25, -0.2) is 4.98 Å². The van der Waals surface area contributed by atoms with E-state index in [2.05, 4.69) is 15.1 Å². The zero-order chi connectivity index (χ0) is 17.0. The quantitative estimate of drug-likeness (QED) is 0.783. The van der Waals surface area contributed by atoms with Crippen LogP contribution in [-0.2, 0) is 19.4 Å². The minimum absolute atomic E-state index is 0.0182. The van der Waals surface area contributed by atoms with Gasteiger partial charge in [-0.1, -0.05) is 0 Å². The van der Waals surface area contributed by atoms with E-state index in [0.717, 1.165) is 48.0 Å². The molecule has 1 fully saturated rings. The highest BCUT2D eigenvalue weighted by Gasteiger charge is 2.31. The predicted molar refractivity (Wildman–Crippen MR) is 97.3 cm³/mol. The van der Waals surface area contributed by atoms with Gasteiger partial charge in [0.25, 0.3) is 5.56 Å². The maximum atomic E-state index is 12.3. The average molecular weight is 355 g/mol. The summed E-state index contributed by atoms with van der Waals surface area (Å²) in [4.78, 5) is 21.3. The molecule has 0 amide bonds. The lowest BCUT2D eigenvalue weighted by atomic mass is 10.1. The SMILES string of the molecule is Cc1cn2c(=O)cc(CN3CCc4[nH]nc(C5CC5)c4CC3)nc2s1. The van der Waals surface area contributed by atoms with Crippen molar-refractivity contribution in [3.63, 3.8) is 0 Å². The lowest BCUT2D eigenvalue weighted by molar-refractivity contribution is 0.275. The average Bonchev–Trinajstić information content (AvgIpc) is 3.28. The van der Waals surface area contributed by atoms with Crippen LogP contribution in [0.25, 0.3) is 4.96 Å². The number of H-pyrrole nitrogens is 1. The van der Waals surface area contributed by atoms with Crippen molar-refractivity contribution in [2.45, 2.75) is 45.1 Å². The van der Waals surface area contributed by atoms with Crippen LogP contribution in [-0.4, -0.2) is 37.6 Å². The monoisotopic (exact) mass is 355 g/mol. The lowest BCUT2D eigenvalue weighted by Gasteiger charge is -2.19. The Bertz CT molecular complexity index is 997. The summed E-state index contributed by atoms with van der Waals surface area (Å²) in [5.41, 5.74) is 4.95. The van der Waals surface area contributed by atoms with E-state index in [1.807, 2.05) is 13.1 Å². The van der Waals surface area contributed by atoms with Crippen molar-refractivity contribution in [1.82, 2.24) is 24.5 Å². The Morgan fingerprint density at radius 1 is 1.32 bits per heavy atom. The van der Waals surface area contributed by atoms with Gasteiger partial charge in [0.2, 0.25) is 0 Å². The first-order valence-corrected chi connectivity index (χ1v) is 9.76. The first-order chi connectivity index (χ1) is 12.2. The van der Waals surface area contributed by atoms with Crippen molar-refractivity contribution in [1.29, 1.82) is 0 Å². The number of hydrogen-bond acceptors (Lipinski definition) is 5. The number of nitrogens with one attached hydrogen (secondary N) is 1. The normalized spacial score (nSPS) is 18.4. The standard InChI is InChI=1S/C18H21N5OS/c1-11-9-23-16(24)8-13(19-18(23)25-11)10-22-6-4-14-15(5-7-22)20-21-17(14)12-2-3-12/h8-9,12H,2-7,10H2,1H3,(H,20,21). The zero-order valence-corrected chi connectivity index (χ0v) is 15.1. The zero-order valence-electron chi connectivity index (χ0n) is 14.3. The van der Waals surface area contributed by atoms with Gasteiger partial charge >= 0.3 is 0 Å². The van der Waals surface area contributed by atoms with E-state index >= 15 is 0 Å². The van der Waals surface area contributed by atoms with Gasteiger partial charge in [0.15, 0.2) is 4.96 Å². The molecule has 1 aliphatic heterocycles. The second-order valence-corrected chi connectivity index (χ2v) is 8.41. The summed E-state index contributed by atoms with van der Waals surface area (Å²) in [6.07, 6.45) is 6.47. The first-order valence-electron chi connectivity index (χ1n) is 8.94. The van der Waals surface area contributed by atoms with E-state index in [9.17, 15) is 4.79 Å². The van der Waals surface area contributed by atoms with E-state index in [1.54, 1.807) is 21.8 Å². The van der Waals surface area contributed by atoms with Crippen LogP contribution in [0.3, 0.4) is 0 Å². The van der Waals surface area contributed by atoms with Crippen LogP contribution in [0.5, 0.6) is 0 Å². The molecule has 1 N–H and O–H groups in total. The third kappa shape index (κ3) is 2.81. The van der Waals surface area contributed by atoms with Crippen LogP contribution in [0.15, 0.2) is 17.1 Å². The number of rotatable bonds is 3. The van der Waals surface area contributed by atoms with Gasteiger partial charge in [-0.3, -0.25) is 19.2 Å². The molecule has 0 radical (unpaired) electrons. The molecule has 5 rings (SSSR count). The van der Waals surface area contributed by atoms with Crippen LogP contribution in [0.2, 0.25) is 0 Å². The van der Waals surface area contributed by atoms with Crippen molar-refractivity contribution < 1.29 is 0 Å². The Kier molecular flexibility index (Phi) is 3.53. The van der Waals surface area contributed by atoms with Crippen molar-refractivity contribution in [2.24, 2.45) is 0 Å². The van der Waals surface area contributed by atoms with Gasteiger partial charge in [-0.05, 0) is 31.7 Å². The Morgan fingerprint density at radius 3 is 3.00 bits per heavy atom. The molecule has 0 spiro atoms. The summed E-state index contributed by atoms with van der Waals surface area (Å²) in [5, 5.41) is 7.82. The maximum absolute atomic E-state index is 12.3. The topological polar surface area (TPSA) is 66.3 Å². The molecular weight excluding hydrogens is 334 g/mol. The highest BCUT2D eigenvalue weighted by Crippen LogP contribution is 2.41. The molecule has 7 heteroatoms. The minimum atomic E-state index is 0.0182. The van der Waals surface area contributed by atoms with Crippen LogP contribution < -0.4 is 5.56 Å². The molecule has 3 aromatic rings. The minimum Gasteiger partial charge on any atom is -0.297 e. The molecule has 0 bridgehead atoms. The van der Waals surface area contributed by atoms with Gasteiger partial charge in [0.05, 0.1) is 11.4 Å². The number of aromatic nitrogens is 4. The molecule has 0 saturated heterocycles. The number of aryl methyl sites for hydroxylation is 1. The molecule has 0 aromatic carbocycles. The fourth-order valence-corrected chi connectivity index (χ4v) is 4.63. The number of aromatic amines is 1. The van der Waals surface area contributed by atoms with Crippen LogP contribution in [0, 0.1) is 6.92 Å².